The van der Waals surface area contributed by atoms with Gasteiger partial charge in [-0.25, -0.2) is 0 Å². The number of rotatable bonds is 5. The molecule has 0 radical (unpaired) electrons. The molecule has 1 nitrogen and oxygen atoms in total. The maximum Gasteiger partial charge on any atom is 0.0462 e. The monoisotopic (exact) mass is 553 g/mol. The summed E-state index contributed by atoms with van der Waals surface area (Å²) in [4.78, 5) is 2.29. The van der Waals surface area contributed by atoms with Gasteiger partial charge in [-0.05, 0) is 82.9 Å². The summed E-state index contributed by atoms with van der Waals surface area (Å²) < 4.78 is 2.18. The van der Waals surface area contributed by atoms with Gasteiger partial charge < -0.3 is 4.90 Å². The highest BCUT2D eigenvalue weighted by Gasteiger charge is 2.12. The number of hydrogen-bond donors (Lipinski definition) is 0. The van der Waals surface area contributed by atoms with Crippen molar-refractivity contribution < 1.29 is 0 Å². The van der Waals surface area contributed by atoms with E-state index >= 15 is 0 Å². The molecule has 0 bridgehead atoms. The van der Waals surface area contributed by atoms with Crippen molar-refractivity contribution in [1.29, 1.82) is 0 Å². The molecule has 33 heavy (non-hydrogen) atoms. The molecule has 0 heterocycles. The number of anilines is 3. The highest BCUT2D eigenvalue weighted by molar-refractivity contribution is 9.10. The number of nitrogens with zero attached hydrogens (tertiary/aromatic N) is 1. The van der Waals surface area contributed by atoms with Crippen LogP contribution in [0.1, 0.15) is 0 Å². The van der Waals surface area contributed by atoms with E-state index in [1.807, 2.05) is 0 Å². The van der Waals surface area contributed by atoms with Crippen LogP contribution in [0.5, 0.6) is 0 Å². The number of hydrogen-bond acceptors (Lipinski definition) is 1. The molecule has 0 spiro atoms. The van der Waals surface area contributed by atoms with Crippen LogP contribution in [0.3, 0.4) is 0 Å². The summed E-state index contributed by atoms with van der Waals surface area (Å²) in [7, 11) is 0. The van der Waals surface area contributed by atoms with E-state index < -0.39 is 0 Å². The average Bonchev–Trinajstić information content (AvgIpc) is 2.87. The largest absolute Gasteiger partial charge is 0.311 e. The molecule has 0 atom stereocenters. The van der Waals surface area contributed by atoms with Gasteiger partial charge in [-0.3, -0.25) is 0 Å². The van der Waals surface area contributed by atoms with Gasteiger partial charge in [-0.15, -0.1) is 0 Å². The molecule has 160 valence electrons. The van der Waals surface area contributed by atoms with E-state index in [1.54, 1.807) is 0 Å². The van der Waals surface area contributed by atoms with Crippen molar-refractivity contribution in [3.63, 3.8) is 0 Å². The lowest BCUT2D eigenvalue weighted by Gasteiger charge is -2.26. The fraction of sp³-hybridized carbons (Fsp3) is 0. The lowest BCUT2D eigenvalue weighted by atomic mass is 10.0. The summed E-state index contributed by atoms with van der Waals surface area (Å²) in [6.45, 7) is 0. The fourth-order valence-electron chi connectivity index (χ4n) is 3.91. The first-order chi connectivity index (χ1) is 16.2. The maximum atomic E-state index is 3.51. The molecule has 0 N–H and O–H groups in total. The zero-order valence-corrected chi connectivity index (χ0v) is 21.0. The molecular formula is C30H21Br2N. The van der Waals surface area contributed by atoms with Crippen molar-refractivity contribution in [1.82, 2.24) is 0 Å². The van der Waals surface area contributed by atoms with E-state index in [9.17, 15) is 0 Å². The minimum atomic E-state index is 1.09. The Morgan fingerprint density at radius 3 is 1.00 bits per heavy atom. The second-order valence-electron chi connectivity index (χ2n) is 7.78. The van der Waals surface area contributed by atoms with Crippen LogP contribution in [0.4, 0.5) is 17.1 Å². The topological polar surface area (TPSA) is 3.24 Å². The van der Waals surface area contributed by atoms with Gasteiger partial charge in [-0.2, -0.15) is 0 Å². The first kappa shape index (κ1) is 21.7. The molecule has 0 aromatic heterocycles. The van der Waals surface area contributed by atoms with E-state index in [-0.39, 0.29) is 0 Å². The van der Waals surface area contributed by atoms with E-state index in [4.69, 9.17) is 0 Å². The summed E-state index contributed by atoms with van der Waals surface area (Å²) in [5.41, 5.74) is 8.18. The van der Waals surface area contributed by atoms with Crippen LogP contribution < -0.4 is 4.90 Å². The Morgan fingerprint density at radius 1 is 0.333 bits per heavy atom. The normalized spacial score (nSPS) is 10.7. The van der Waals surface area contributed by atoms with E-state index in [1.165, 1.54) is 22.3 Å². The van der Waals surface area contributed by atoms with Crippen LogP contribution in [0, 0.1) is 0 Å². The first-order valence-corrected chi connectivity index (χ1v) is 12.3. The second-order valence-corrected chi connectivity index (χ2v) is 9.61. The Labute approximate surface area is 211 Å². The Morgan fingerprint density at radius 2 is 0.636 bits per heavy atom. The van der Waals surface area contributed by atoms with Crippen molar-refractivity contribution >= 4 is 48.9 Å². The smallest absolute Gasteiger partial charge is 0.0462 e. The van der Waals surface area contributed by atoms with Crippen molar-refractivity contribution in [3.05, 3.63) is 136 Å². The molecule has 0 unspecified atom stereocenters. The highest BCUT2D eigenvalue weighted by atomic mass is 79.9. The maximum absolute atomic E-state index is 3.51. The van der Waals surface area contributed by atoms with Gasteiger partial charge in [0, 0.05) is 26.0 Å². The summed E-state index contributed by atoms with van der Waals surface area (Å²) in [5, 5.41) is 0. The first-order valence-electron chi connectivity index (χ1n) is 10.7. The minimum Gasteiger partial charge on any atom is -0.311 e. The van der Waals surface area contributed by atoms with E-state index in [0.29, 0.717) is 0 Å². The molecule has 0 aliphatic heterocycles. The molecule has 0 fully saturated rings. The highest BCUT2D eigenvalue weighted by Crippen LogP contribution is 2.36. The molecule has 5 rings (SSSR count). The van der Waals surface area contributed by atoms with Gasteiger partial charge in [0.2, 0.25) is 0 Å². The Balaban J connectivity index is 1.50. The fourth-order valence-corrected chi connectivity index (χ4v) is 4.44. The van der Waals surface area contributed by atoms with Crippen LogP contribution in [-0.2, 0) is 0 Å². The predicted molar refractivity (Wildman–Crippen MR) is 147 cm³/mol. The Bertz CT molecular complexity index is 1240. The van der Waals surface area contributed by atoms with Crippen LogP contribution in [-0.4, -0.2) is 0 Å². The van der Waals surface area contributed by atoms with Crippen LogP contribution in [0.15, 0.2) is 136 Å². The van der Waals surface area contributed by atoms with Crippen molar-refractivity contribution in [2.75, 3.05) is 4.90 Å². The number of halogens is 2. The molecule has 0 aliphatic rings. The van der Waals surface area contributed by atoms with Crippen LogP contribution in [0.25, 0.3) is 22.3 Å². The average molecular weight is 555 g/mol. The van der Waals surface area contributed by atoms with Gasteiger partial charge in [0.25, 0.3) is 0 Å². The Hall–Kier alpha value is -3.14. The van der Waals surface area contributed by atoms with Gasteiger partial charge >= 0.3 is 0 Å². The van der Waals surface area contributed by atoms with Gasteiger partial charge in [0.1, 0.15) is 0 Å². The number of benzene rings is 5. The van der Waals surface area contributed by atoms with Crippen LogP contribution in [0.2, 0.25) is 0 Å². The molecule has 3 heteroatoms. The predicted octanol–water partition coefficient (Wildman–Crippen LogP) is 10.0. The molecule has 0 saturated heterocycles. The minimum absolute atomic E-state index is 1.09. The molecule has 5 aromatic carbocycles. The van der Waals surface area contributed by atoms with E-state index in [0.717, 1.165) is 26.0 Å². The second kappa shape index (κ2) is 9.78. The summed E-state index contributed by atoms with van der Waals surface area (Å²) in [6, 6.07) is 44.8. The van der Waals surface area contributed by atoms with Gasteiger partial charge in [0.05, 0.1) is 0 Å². The lowest BCUT2D eigenvalue weighted by molar-refractivity contribution is 1.28. The van der Waals surface area contributed by atoms with Crippen molar-refractivity contribution in [3.8, 4) is 22.3 Å². The Kier molecular flexibility index (Phi) is 6.43. The van der Waals surface area contributed by atoms with Gasteiger partial charge in [0.15, 0.2) is 0 Å². The zero-order chi connectivity index (χ0) is 22.6. The quantitative estimate of drug-likeness (QED) is 0.209. The van der Waals surface area contributed by atoms with Gasteiger partial charge in [-0.1, -0.05) is 98.6 Å². The third-order valence-corrected chi connectivity index (χ3v) is 6.68. The molecule has 5 aromatic rings. The molecule has 0 amide bonds. The van der Waals surface area contributed by atoms with Crippen molar-refractivity contribution in [2.45, 2.75) is 0 Å². The summed E-state index contributed by atoms with van der Waals surface area (Å²) in [6.07, 6.45) is 0. The third kappa shape index (κ3) is 4.95. The third-order valence-electron chi connectivity index (χ3n) is 5.62. The molecular weight excluding hydrogens is 534 g/mol. The molecule has 0 saturated carbocycles. The van der Waals surface area contributed by atoms with E-state index in [2.05, 4.69) is 164 Å². The zero-order valence-electron chi connectivity index (χ0n) is 17.8. The standard InChI is InChI=1S/C30H21Br2N/c31-26-14-6-22(7-15-26)24-10-18-29(19-11-24)33(28-4-2-1-3-5-28)30-20-12-25(13-21-30)23-8-16-27(32)17-9-23/h1-21H. The lowest BCUT2D eigenvalue weighted by Crippen LogP contribution is -2.09. The summed E-state index contributed by atoms with van der Waals surface area (Å²) in [5.74, 6) is 0. The summed E-state index contributed by atoms with van der Waals surface area (Å²) >= 11 is 7.03. The number of para-hydroxylation sites is 1. The van der Waals surface area contributed by atoms with Crippen molar-refractivity contribution in [2.24, 2.45) is 0 Å². The SMILES string of the molecule is Brc1ccc(-c2ccc(N(c3ccccc3)c3ccc(-c4ccc(Br)cc4)cc3)cc2)cc1. The van der Waals surface area contributed by atoms with Crippen LogP contribution >= 0.6 is 31.9 Å². The molecule has 0 aliphatic carbocycles.